The zero-order chi connectivity index (χ0) is 26.2. The Kier molecular flexibility index (Phi) is 7.96. The van der Waals surface area contributed by atoms with Crippen LogP contribution >= 0.6 is 11.3 Å². The molecule has 4 rings (SSSR count). The Morgan fingerprint density at radius 1 is 0.917 bits per heavy atom. The molecule has 0 aliphatic carbocycles. The third kappa shape index (κ3) is 5.40. The predicted octanol–water partition coefficient (Wildman–Crippen LogP) is 7.93. The van der Waals surface area contributed by atoms with E-state index in [1.807, 2.05) is 0 Å². The summed E-state index contributed by atoms with van der Waals surface area (Å²) in [6.45, 7) is 16.3. The number of aromatic nitrogens is 1. The molecular weight excluding hydrogens is 484 g/mol. The highest BCUT2D eigenvalue weighted by molar-refractivity contribution is 7.92. The van der Waals surface area contributed by atoms with E-state index in [1.54, 1.807) is 11.3 Å². The predicted molar refractivity (Wildman–Crippen MR) is 153 cm³/mol. The maximum Gasteiger partial charge on any atom is 0.185 e. The Hall–Kier alpha value is -2.18. The quantitative estimate of drug-likeness (QED) is 0.315. The molecule has 0 N–H and O–H groups in total. The van der Waals surface area contributed by atoms with Gasteiger partial charge in [-0.15, -0.1) is 11.3 Å². The molecule has 0 spiro atoms. The van der Waals surface area contributed by atoms with Gasteiger partial charge in [-0.25, -0.2) is 13.4 Å². The second kappa shape index (κ2) is 10.7. The molecule has 0 saturated carbocycles. The number of hydrogen-bond acceptors (Lipinski definition) is 5. The van der Waals surface area contributed by atoms with E-state index in [9.17, 15) is 8.42 Å². The van der Waals surface area contributed by atoms with Crippen LogP contribution in [0.2, 0.25) is 0 Å². The van der Waals surface area contributed by atoms with Crippen molar-refractivity contribution >= 4 is 26.3 Å². The number of anilines is 1. The molecule has 0 bridgehead atoms. The van der Waals surface area contributed by atoms with Gasteiger partial charge < -0.3 is 4.90 Å². The summed E-state index contributed by atoms with van der Waals surface area (Å²) in [5.74, 6) is 0.672. The Labute approximate surface area is 221 Å². The van der Waals surface area contributed by atoms with E-state index in [4.69, 9.17) is 4.98 Å². The van der Waals surface area contributed by atoms with Crippen LogP contribution in [0.25, 0.3) is 11.3 Å². The fourth-order valence-corrected chi connectivity index (χ4v) is 8.39. The van der Waals surface area contributed by atoms with Crippen molar-refractivity contribution in [2.45, 2.75) is 89.2 Å². The molecule has 4 nitrogen and oxygen atoms in total. The molecule has 36 heavy (non-hydrogen) atoms. The van der Waals surface area contributed by atoms with Gasteiger partial charge in [-0.05, 0) is 60.3 Å². The number of piperidine rings is 1. The summed E-state index contributed by atoms with van der Waals surface area (Å²) in [4.78, 5) is 7.74. The lowest BCUT2D eigenvalue weighted by atomic mass is 9.89. The summed E-state index contributed by atoms with van der Waals surface area (Å²) in [6.07, 6.45) is 1.26. The first kappa shape index (κ1) is 26.9. The summed E-state index contributed by atoms with van der Waals surface area (Å²) >= 11 is 1.64. The van der Waals surface area contributed by atoms with Crippen LogP contribution < -0.4 is 4.90 Å². The molecular formula is C30H40N2O2S2. The zero-order valence-corrected chi connectivity index (χ0v) is 24.3. The molecule has 0 radical (unpaired) electrons. The molecule has 1 aliphatic rings. The molecule has 1 aromatic heterocycles. The third-order valence-electron chi connectivity index (χ3n) is 7.32. The average Bonchev–Trinajstić information content (AvgIpc) is 3.33. The minimum absolute atomic E-state index is 0.154. The van der Waals surface area contributed by atoms with Crippen LogP contribution in [0.1, 0.15) is 94.4 Å². The van der Waals surface area contributed by atoms with Crippen molar-refractivity contribution in [2.75, 3.05) is 18.0 Å². The molecule has 3 aromatic rings. The molecule has 1 saturated heterocycles. The molecule has 1 fully saturated rings. The smallest absolute Gasteiger partial charge is 0.185 e. The van der Waals surface area contributed by atoms with E-state index in [2.05, 4.69) is 95.1 Å². The van der Waals surface area contributed by atoms with E-state index in [-0.39, 0.29) is 17.1 Å². The van der Waals surface area contributed by atoms with Gasteiger partial charge in [0.05, 0.1) is 15.8 Å². The van der Waals surface area contributed by atoms with Crippen LogP contribution in [0.4, 0.5) is 5.13 Å². The highest BCUT2D eigenvalue weighted by Crippen LogP contribution is 2.39. The molecule has 0 atom stereocenters. The first-order chi connectivity index (χ1) is 17.0. The van der Waals surface area contributed by atoms with Gasteiger partial charge in [0.25, 0.3) is 0 Å². The van der Waals surface area contributed by atoms with E-state index >= 15 is 0 Å². The highest BCUT2D eigenvalue weighted by Gasteiger charge is 2.36. The standard InChI is InChI=1S/C30H40N2O2S2/c1-19(2)24-16-26(20(3)4)29(27(17-24)21(5)6)36(33,34)25-11-13-32(14-12-25)30-31-28(18-35-30)23-10-8-9-22(7)15-23/h8-10,15-21,25H,11-14H2,1-7H3. The fraction of sp³-hybridized carbons (Fsp3) is 0.500. The van der Waals surface area contributed by atoms with Crippen LogP contribution in [0.3, 0.4) is 0 Å². The summed E-state index contributed by atoms with van der Waals surface area (Å²) in [7, 11) is -3.45. The van der Waals surface area contributed by atoms with Gasteiger partial charge in [0.15, 0.2) is 15.0 Å². The Balaban J connectivity index is 1.59. The SMILES string of the molecule is Cc1cccc(-c2csc(N3CCC(S(=O)(=O)c4c(C(C)C)cc(C(C)C)cc4C(C)C)CC3)n2)c1. The van der Waals surface area contributed by atoms with Crippen molar-refractivity contribution in [2.24, 2.45) is 0 Å². The number of aryl methyl sites for hydroxylation is 1. The van der Waals surface area contributed by atoms with Gasteiger partial charge in [0, 0.05) is 24.0 Å². The molecule has 6 heteroatoms. The number of sulfone groups is 1. The monoisotopic (exact) mass is 524 g/mol. The Morgan fingerprint density at radius 3 is 2.06 bits per heavy atom. The fourth-order valence-electron chi connectivity index (χ4n) is 5.09. The second-order valence-corrected chi connectivity index (χ2v) is 14.1. The number of hydrogen-bond donors (Lipinski definition) is 0. The summed E-state index contributed by atoms with van der Waals surface area (Å²) in [5, 5.41) is 2.73. The van der Waals surface area contributed by atoms with Crippen molar-refractivity contribution in [3.8, 4) is 11.3 Å². The van der Waals surface area contributed by atoms with E-state index in [1.165, 1.54) is 11.1 Å². The zero-order valence-electron chi connectivity index (χ0n) is 22.7. The van der Waals surface area contributed by atoms with Gasteiger partial charge >= 0.3 is 0 Å². The van der Waals surface area contributed by atoms with Crippen molar-refractivity contribution in [3.05, 3.63) is 64.0 Å². The maximum absolute atomic E-state index is 14.2. The lowest BCUT2D eigenvalue weighted by Gasteiger charge is -2.33. The van der Waals surface area contributed by atoms with E-state index < -0.39 is 9.84 Å². The Bertz CT molecular complexity index is 1290. The largest absolute Gasteiger partial charge is 0.348 e. The molecule has 194 valence electrons. The molecule has 2 heterocycles. The topological polar surface area (TPSA) is 50.3 Å². The number of nitrogens with zero attached hydrogens (tertiary/aromatic N) is 2. The first-order valence-corrected chi connectivity index (χ1v) is 15.6. The third-order valence-corrected chi connectivity index (χ3v) is 10.6. The van der Waals surface area contributed by atoms with Crippen LogP contribution in [0.5, 0.6) is 0 Å². The van der Waals surface area contributed by atoms with Crippen molar-refractivity contribution < 1.29 is 8.42 Å². The minimum atomic E-state index is -3.45. The summed E-state index contributed by atoms with van der Waals surface area (Å²) in [5.41, 5.74) is 6.52. The van der Waals surface area contributed by atoms with Gasteiger partial charge in [-0.1, -0.05) is 77.4 Å². The second-order valence-electron chi connectivity index (χ2n) is 11.1. The number of rotatable bonds is 7. The van der Waals surface area contributed by atoms with Gasteiger partial charge in [0.1, 0.15) is 0 Å². The molecule has 0 amide bonds. The number of thiazole rings is 1. The Morgan fingerprint density at radius 2 is 1.53 bits per heavy atom. The van der Waals surface area contributed by atoms with Crippen molar-refractivity contribution in [1.82, 2.24) is 4.98 Å². The van der Waals surface area contributed by atoms with Gasteiger partial charge in [0.2, 0.25) is 0 Å². The van der Waals surface area contributed by atoms with Gasteiger partial charge in [-0.2, -0.15) is 0 Å². The van der Waals surface area contributed by atoms with E-state index in [0.29, 0.717) is 36.7 Å². The summed E-state index contributed by atoms with van der Waals surface area (Å²) < 4.78 is 28.3. The molecule has 2 aromatic carbocycles. The molecule has 1 aliphatic heterocycles. The normalized spacial score (nSPS) is 15.4. The maximum atomic E-state index is 14.2. The van der Waals surface area contributed by atoms with Crippen LogP contribution in [-0.2, 0) is 9.84 Å². The summed E-state index contributed by atoms with van der Waals surface area (Å²) in [6, 6.07) is 12.7. The van der Waals surface area contributed by atoms with Crippen molar-refractivity contribution in [3.63, 3.8) is 0 Å². The molecule has 0 unspecified atom stereocenters. The first-order valence-electron chi connectivity index (χ1n) is 13.2. The minimum Gasteiger partial charge on any atom is -0.348 e. The van der Waals surface area contributed by atoms with Crippen LogP contribution in [-0.4, -0.2) is 31.7 Å². The lowest BCUT2D eigenvalue weighted by molar-refractivity contribution is 0.526. The average molecular weight is 525 g/mol. The highest BCUT2D eigenvalue weighted by atomic mass is 32.2. The van der Waals surface area contributed by atoms with Crippen molar-refractivity contribution in [1.29, 1.82) is 0 Å². The van der Waals surface area contributed by atoms with Gasteiger partial charge in [-0.3, -0.25) is 0 Å². The van der Waals surface area contributed by atoms with Crippen LogP contribution in [0.15, 0.2) is 46.7 Å². The van der Waals surface area contributed by atoms with Crippen LogP contribution in [0, 0.1) is 6.92 Å². The van der Waals surface area contributed by atoms with E-state index in [0.717, 1.165) is 27.5 Å². The number of benzene rings is 2. The lowest BCUT2D eigenvalue weighted by Crippen LogP contribution is -2.39.